The van der Waals surface area contributed by atoms with E-state index in [0.29, 0.717) is 32.2 Å². The number of hydrogen-bond acceptors (Lipinski definition) is 4. The van der Waals surface area contributed by atoms with Crippen LogP contribution in [0.3, 0.4) is 0 Å². The number of rotatable bonds is 11. The summed E-state index contributed by atoms with van der Waals surface area (Å²) in [6, 6.07) is 6.51. The van der Waals surface area contributed by atoms with Crippen molar-refractivity contribution in [2.45, 2.75) is 116 Å². The molecular formula is C30H48N2O4. The molecule has 1 atom stereocenters. The van der Waals surface area contributed by atoms with Crippen molar-refractivity contribution in [3.8, 4) is 0 Å². The molecule has 0 saturated heterocycles. The summed E-state index contributed by atoms with van der Waals surface area (Å²) in [5.41, 5.74) is 3.61. The average Bonchev–Trinajstić information content (AvgIpc) is 2.91. The summed E-state index contributed by atoms with van der Waals surface area (Å²) < 4.78 is 10.3. The van der Waals surface area contributed by atoms with E-state index in [1.165, 1.54) is 76.2 Å². The van der Waals surface area contributed by atoms with Crippen LogP contribution in [0.1, 0.15) is 115 Å². The maximum absolute atomic E-state index is 12.3. The fourth-order valence-corrected chi connectivity index (χ4v) is 6.85. The van der Waals surface area contributed by atoms with E-state index in [0.717, 1.165) is 23.5 Å². The van der Waals surface area contributed by atoms with Crippen molar-refractivity contribution in [3.05, 3.63) is 34.9 Å². The molecule has 0 aromatic heterocycles. The summed E-state index contributed by atoms with van der Waals surface area (Å²) in [6.45, 7) is 7.44. The van der Waals surface area contributed by atoms with E-state index in [-0.39, 0.29) is 5.41 Å². The SMILES string of the molecule is CCOC(=O)NCc1cccc(C(CC)(CC2CCCCC2)C2CCCCC2)c1CNC(=O)OCC. The first-order valence-electron chi connectivity index (χ1n) is 14.5. The van der Waals surface area contributed by atoms with E-state index >= 15 is 0 Å². The molecule has 6 heteroatoms. The Morgan fingerprint density at radius 1 is 0.833 bits per heavy atom. The second-order valence-electron chi connectivity index (χ2n) is 10.6. The van der Waals surface area contributed by atoms with Gasteiger partial charge >= 0.3 is 12.2 Å². The van der Waals surface area contributed by atoms with Gasteiger partial charge in [-0.25, -0.2) is 9.59 Å². The number of amides is 2. The zero-order chi connectivity index (χ0) is 25.8. The number of ether oxygens (including phenoxy) is 2. The van der Waals surface area contributed by atoms with Gasteiger partial charge in [0.05, 0.1) is 13.2 Å². The molecule has 0 bridgehead atoms. The van der Waals surface area contributed by atoms with Gasteiger partial charge in [-0.05, 0) is 73.5 Å². The van der Waals surface area contributed by atoms with Gasteiger partial charge in [-0.3, -0.25) is 0 Å². The quantitative estimate of drug-likeness (QED) is 0.332. The molecule has 1 aromatic carbocycles. The fraction of sp³-hybridized carbons (Fsp3) is 0.733. The Balaban J connectivity index is 2.02. The molecule has 202 valence electrons. The van der Waals surface area contributed by atoms with Crippen molar-refractivity contribution < 1.29 is 19.1 Å². The molecule has 0 spiro atoms. The van der Waals surface area contributed by atoms with Gasteiger partial charge in [-0.2, -0.15) is 0 Å². The van der Waals surface area contributed by atoms with Gasteiger partial charge in [0, 0.05) is 13.1 Å². The molecule has 2 saturated carbocycles. The highest BCUT2D eigenvalue weighted by atomic mass is 16.6. The first-order chi connectivity index (χ1) is 17.5. The molecule has 3 rings (SSSR count). The van der Waals surface area contributed by atoms with Crippen molar-refractivity contribution in [3.63, 3.8) is 0 Å². The van der Waals surface area contributed by atoms with Crippen LogP contribution in [0.2, 0.25) is 0 Å². The van der Waals surface area contributed by atoms with Gasteiger partial charge < -0.3 is 20.1 Å². The van der Waals surface area contributed by atoms with E-state index in [4.69, 9.17) is 9.47 Å². The highest BCUT2D eigenvalue weighted by Gasteiger charge is 2.42. The number of hydrogen-bond donors (Lipinski definition) is 2. The maximum Gasteiger partial charge on any atom is 0.407 e. The van der Waals surface area contributed by atoms with Gasteiger partial charge in [0.15, 0.2) is 0 Å². The molecule has 2 aliphatic rings. The summed E-state index contributed by atoms with van der Waals surface area (Å²) >= 11 is 0. The molecular weight excluding hydrogens is 452 g/mol. The second kappa shape index (κ2) is 14.5. The van der Waals surface area contributed by atoms with Gasteiger partial charge in [0.25, 0.3) is 0 Å². The van der Waals surface area contributed by atoms with E-state index in [1.54, 1.807) is 6.92 Å². The van der Waals surface area contributed by atoms with Crippen molar-refractivity contribution in [1.29, 1.82) is 0 Å². The Bertz CT molecular complexity index is 830. The van der Waals surface area contributed by atoms with Crippen LogP contribution in [0.25, 0.3) is 0 Å². The molecule has 0 radical (unpaired) electrons. The summed E-state index contributed by atoms with van der Waals surface area (Å²) in [5.74, 6) is 1.40. The summed E-state index contributed by atoms with van der Waals surface area (Å²) in [6.07, 6.45) is 14.7. The third-order valence-electron chi connectivity index (χ3n) is 8.59. The predicted octanol–water partition coefficient (Wildman–Crippen LogP) is 7.38. The topological polar surface area (TPSA) is 76.7 Å². The van der Waals surface area contributed by atoms with Gasteiger partial charge in [-0.15, -0.1) is 0 Å². The summed E-state index contributed by atoms with van der Waals surface area (Å²) in [5, 5.41) is 5.90. The number of carbonyl (C=O) groups is 2. The van der Waals surface area contributed by atoms with Crippen LogP contribution >= 0.6 is 0 Å². The molecule has 6 nitrogen and oxygen atoms in total. The van der Waals surface area contributed by atoms with E-state index in [1.807, 2.05) is 6.92 Å². The van der Waals surface area contributed by atoms with Crippen LogP contribution in [0.5, 0.6) is 0 Å². The van der Waals surface area contributed by atoms with Crippen LogP contribution in [-0.4, -0.2) is 25.4 Å². The van der Waals surface area contributed by atoms with Crippen molar-refractivity contribution >= 4 is 12.2 Å². The molecule has 2 fully saturated rings. The molecule has 2 amide bonds. The zero-order valence-electron chi connectivity index (χ0n) is 22.8. The lowest BCUT2D eigenvalue weighted by Crippen LogP contribution is -2.40. The lowest BCUT2D eigenvalue weighted by Gasteiger charge is -2.47. The fourth-order valence-electron chi connectivity index (χ4n) is 6.85. The Hall–Kier alpha value is -2.24. The minimum absolute atomic E-state index is 0.0774. The van der Waals surface area contributed by atoms with Crippen LogP contribution < -0.4 is 10.6 Å². The Morgan fingerprint density at radius 2 is 1.42 bits per heavy atom. The minimum Gasteiger partial charge on any atom is -0.450 e. The van der Waals surface area contributed by atoms with Gasteiger partial charge in [-0.1, -0.05) is 76.5 Å². The number of benzene rings is 1. The largest absolute Gasteiger partial charge is 0.450 e. The molecule has 0 aliphatic heterocycles. The first kappa shape index (κ1) is 28.3. The lowest BCUT2D eigenvalue weighted by molar-refractivity contribution is 0.140. The second-order valence-corrected chi connectivity index (χ2v) is 10.6. The highest BCUT2D eigenvalue weighted by Crippen LogP contribution is 2.50. The van der Waals surface area contributed by atoms with E-state index < -0.39 is 12.2 Å². The summed E-state index contributed by atoms with van der Waals surface area (Å²) in [7, 11) is 0. The molecule has 2 N–H and O–H groups in total. The lowest BCUT2D eigenvalue weighted by atomic mass is 9.58. The van der Waals surface area contributed by atoms with Crippen molar-refractivity contribution in [1.82, 2.24) is 10.6 Å². The maximum atomic E-state index is 12.3. The molecule has 36 heavy (non-hydrogen) atoms. The standard InChI is InChI=1S/C30H48N2O4/c1-4-30(25-17-11-8-12-18-25,20-23-14-9-7-10-15-23)27-19-13-16-24(21-31-28(33)35-5-2)26(27)22-32-29(34)36-6-3/h13,16,19,23,25H,4-12,14-15,17-18,20-22H2,1-3H3,(H,31,33)(H,32,34). The van der Waals surface area contributed by atoms with Gasteiger partial charge in [0.1, 0.15) is 0 Å². The Kier molecular flexibility index (Phi) is 11.4. The predicted molar refractivity (Wildman–Crippen MR) is 144 cm³/mol. The molecule has 0 heterocycles. The average molecular weight is 501 g/mol. The number of alkyl carbamates (subject to hydrolysis) is 2. The van der Waals surface area contributed by atoms with Crippen molar-refractivity contribution in [2.24, 2.45) is 11.8 Å². The molecule has 1 unspecified atom stereocenters. The number of nitrogens with one attached hydrogen (secondary N) is 2. The monoisotopic (exact) mass is 500 g/mol. The minimum atomic E-state index is -0.413. The van der Waals surface area contributed by atoms with Crippen LogP contribution in [0.15, 0.2) is 18.2 Å². The molecule has 1 aromatic rings. The first-order valence-corrected chi connectivity index (χ1v) is 14.5. The number of carbonyl (C=O) groups excluding carboxylic acids is 2. The molecule has 2 aliphatic carbocycles. The highest BCUT2D eigenvalue weighted by molar-refractivity contribution is 5.68. The van der Waals surface area contributed by atoms with Crippen molar-refractivity contribution in [2.75, 3.05) is 13.2 Å². The zero-order valence-corrected chi connectivity index (χ0v) is 22.8. The Labute approximate surface area is 218 Å². The van der Waals surface area contributed by atoms with E-state index in [2.05, 4.69) is 35.8 Å². The smallest absolute Gasteiger partial charge is 0.407 e. The van der Waals surface area contributed by atoms with Crippen LogP contribution in [-0.2, 0) is 28.0 Å². The third kappa shape index (κ3) is 7.39. The summed E-state index contributed by atoms with van der Waals surface area (Å²) in [4.78, 5) is 24.4. The van der Waals surface area contributed by atoms with Crippen LogP contribution in [0.4, 0.5) is 9.59 Å². The third-order valence-corrected chi connectivity index (χ3v) is 8.59. The van der Waals surface area contributed by atoms with Gasteiger partial charge in [0.2, 0.25) is 0 Å². The Morgan fingerprint density at radius 3 is 2.00 bits per heavy atom. The van der Waals surface area contributed by atoms with E-state index in [9.17, 15) is 9.59 Å². The van der Waals surface area contributed by atoms with Crippen LogP contribution in [0, 0.1) is 11.8 Å². The normalized spacial score (nSPS) is 18.8.